The molecule has 2 aromatic carbocycles. The van der Waals surface area contributed by atoms with E-state index < -0.39 is 0 Å². The number of hydrogen-bond acceptors (Lipinski definition) is 6. The van der Waals surface area contributed by atoms with Gasteiger partial charge >= 0.3 is 0 Å². The zero-order valence-electron chi connectivity index (χ0n) is 16.4. The van der Waals surface area contributed by atoms with Gasteiger partial charge in [-0.3, -0.25) is 15.1 Å². The van der Waals surface area contributed by atoms with E-state index in [-0.39, 0.29) is 11.0 Å². The number of nitrogens with one attached hydrogen (secondary N) is 2. The number of thiocarbonyl (C=S) groups is 1. The lowest BCUT2D eigenvalue weighted by Gasteiger charge is -2.10. The number of halogens is 1. The normalized spacial score (nSPS) is 10.6. The number of carbonyl (C=O) groups is 1. The van der Waals surface area contributed by atoms with Crippen LogP contribution in [0.1, 0.15) is 17.3 Å². The summed E-state index contributed by atoms with van der Waals surface area (Å²) in [7, 11) is 0. The molecule has 156 valence electrons. The Hall–Kier alpha value is -3.30. The second-order valence-corrected chi connectivity index (χ2v) is 7.78. The van der Waals surface area contributed by atoms with E-state index in [1.165, 1.54) is 0 Å². The van der Waals surface area contributed by atoms with Crippen molar-refractivity contribution in [3.8, 4) is 17.2 Å². The molecule has 0 bridgehead atoms. The van der Waals surface area contributed by atoms with Crippen LogP contribution >= 0.6 is 28.1 Å². The van der Waals surface area contributed by atoms with Gasteiger partial charge in [0.1, 0.15) is 11.3 Å². The van der Waals surface area contributed by atoms with Crippen LogP contribution in [0.2, 0.25) is 0 Å². The molecule has 0 spiro atoms. The molecule has 1 amide bonds. The third kappa shape index (κ3) is 5.07. The van der Waals surface area contributed by atoms with Gasteiger partial charge in [-0.1, -0.05) is 0 Å². The summed E-state index contributed by atoms with van der Waals surface area (Å²) in [5.74, 6) is 0.860. The van der Waals surface area contributed by atoms with Crippen molar-refractivity contribution in [3.63, 3.8) is 0 Å². The highest BCUT2D eigenvalue weighted by Crippen LogP contribution is 2.27. The average molecular weight is 497 g/mol. The lowest BCUT2D eigenvalue weighted by Crippen LogP contribution is -2.34. The Balaban J connectivity index is 1.44. The van der Waals surface area contributed by atoms with Crippen LogP contribution in [-0.2, 0) is 0 Å². The fourth-order valence-electron chi connectivity index (χ4n) is 2.86. The Kier molecular flexibility index (Phi) is 6.24. The van der Waals surface area contributed by atoms with Gasteiger partial charge in [0.2, 0.25) is 5.89 Å². The van der Waals surface area contributed by atoms with Crippen LogP contribution in [0.15, 0.2) is 69.8 Å². The topological polar surface area (TPSA) is 89.3 Å². The molecule has 0 fully saturated rings. The van der Waals surface area contributed by atoms with Crippen molar-refractivity contribution in [2.24, 2.45) is 0 Å². The molecule has 0 radical (unpaired) electrons. The Morgan fingerprint density at radius 2 is 1.97 bits per heavy atom. The van der Waals surface area contributed by atoms with Crippen LogP contribution in [0, 0.1) is 0 Å². The number of hydrogen-bond donors (Lipinski definition) is 2. The number of anilines is 1. The van der Waals surface area contributed by atoms with Crippen molar-refractivity contribution < 1.29 is 13.9 Å². The van der Waals surface area contributed by atoms with E-state index in [1.807, 2.05) is 13.0 Å². The Morgan fingerprint density at radius 3 is 2.71 bits per heavy atom. The molecule has 0 aliphatic heterocycles. The first-order valence-corrected chi connectivity index (χ1v) is 10.6. The first-order chi connectivity index (χ1) is 15.0. The predicted molar refractivity (Wildman–Crippen MR) is 126 cm³/mol. The minimum Gasteiger partial charge on any atom is -0.494 e. The van der Waals surface area contributed by atoms with Crippen molar-refractivity contribution in [1.82, 2.24) is 15.3 Å². The molecule has 31 heavy (non-hydrogen) atoms. The molecule has 4 rings (SSSR count). The first-order valence-electron chi connectivity index (χ1n) is 9.38. The number of amides is 1. The molecule has 0 saturated carbocycles. The number of fused-ring (bicyclic) bond motifs is 1. The van der Waals surface area contributed by atoms with Gasteiger partial charge in [-0.25, -0.2) is 4.98 Å². The fraction of sp³-hybridized carbons (Fsp3) is 0.0909. The fourth-order valence-corrected chi connectivity index (χ4v) is 3.44. The summed E-state index contributed by atoms with van der Waals surface area (Å²) in [6, 6.07) is 14.1. The zero-order chi connectivity index (χ0) is 21.8. The Labute approximate surface area is 192 Å². The molecule has 2 N–H and O–H groups in total. The number of rotatable bonds is 5. The van der Waals surface area contributed by atoms with Crippen LogP contribution in [-0.4, -0.2) is 27.6 Å². The number of nitrogens with zero attached hydrogens (tertiary/aromatic N) is 2. The molecule has 2 aromatic heterocycles. The second-order valence-electron chi connectivity index (χ2n) is 6.46. The minimum absolute atomic E-state index is 0.179. The molecule has 0 aliphatic carbocycles. The standard InChI is InChI=1S/C22H17BrN4O3S/c1-2-29-17-6-3-13(4-7-17)20(28)27-22(31)25-16-5-8-19-18(10-16)26-21(30-19)14-9-15(23)12-24-11-14/h3-12H,2H2,1H3,(H2,25,27,28,31). The first kappa shape index (κ1) is 21.0. The molecule has 7 nitrogen and oxygen atoms in total. The summed E-state index contributed by atoms with van der Waals surface area (Å²) in [5, 5.41) is 5.84. The summed E-state index contributed by atoms with van der Waals surface area (Å²) in [5.41, 5.74) is 3.20. The number of benzene rings is 2. The lowest BCUT2D eigenvalue weighted by molar-refractivity contribution is 0.0977. The molecular weight excluding hydrogens is 480 g/mol. The van der Waals surface area contributed by atoms with Crippen LogP contribution in [0.3, 0.4) is 0 Å². The molecule has 9 heteroatoms. The number of oxazole rings is 1. The smallest absolute Gasteiger partial charge is 0.257 e. The maximum Gasteiger partial charge on any atom is 0.257 e. The highest BCUT2D eigenvalue weighted by atomic mass is 79.9. The van der Waals surface area contributed by atoms with Gasteiger partial charge in [-0.2, -0.15) is 0 Å². The van der Waals surface area contributed by atoms with E-state index in [9.17, 15) is 4.79 Å². The molecule has 4 aromatic rings. The SMILES string of the molecule is CCOc1ccc(C(=O)NC(=S)Nc2ccc3oc(-c4cncc(Br)c4)nc3c2)cc1. The van der Waals surface area contributed by atoms with Gasteiger partial charge in [0.15, 0.2) is 10.7 Å². The average Bonchev–Trinajstić information content (AvgIpc) is 3.18. The maximum atomic E-state index is 12.4. The van der Waals surface area contributed by atoms with Crippen LogP contribution in [0.4, 0.5) is 5.69 Å². The molecule has 2 heterocycles. The molecule has 0 saturated heterocycles. The minimum atomic E-state index is -0.312. The summed E-state index contributed by atoms with van der Waals surface area (Å²) in [6.07, 6.45) is 3.37. The van der Waals surface area contributed by atoms with Crippen LogP contribution < -0.4 is 15.4 Å². The van der Waals surface area contributed by atoms with Crippen LogP contribution in [0.25, 0.3) is 22.6 Å². The van der Waals surface area contributed by atoms with E-state index in [0.29, 0.717) is 40.6 Å². The quantitative estimate of drug-likeness (QED) is 0.368. The summed E-state index contributed by atoms with van der Waals surface area (Å²) in [6.45, 7) is 2.47. The van der Waals surface area contributed by atoms with Gasteiger partial charge in [0.25, 0.3) is 5.91 Å². The van der Waals surface area contributed by atoms with E-state index in [1.54, 1.807) is 54.9 Å². The number of carbonyl (C=O) groups excluding carboxylic acids is 1. The second kappa shape index (κ2) is 9.23. The van der Waals surface area contributed by atoms with Crippen molar-refractivity contribution in [3.05, 3.63) is 71.0 Å². The lowest BCUT2D eigenvalue weighted by atomic mass is 10.2. The third-order valence-corrected chi connectivity index (χ3v) is 4.89. The van der Waals surface area contributed by atoms with Gasteiger partial charge in [-0.05, 0) is 83.6 Å². The van der Waals surface area contributed by atoms with Gasteiger partial charge in [0.05, 0.1) is 12.2 Å². The van der Waals surface area contributed by atoms with Crippen LogP contribution in [0.5, 0.6) is 5.75 Å². The highest BCUT2D eigenvalue weighted by molar-refractivity contribution is 9.10. The molecule has 0 atom stereocenters. The molecule has 0 aliphatic rings. The van der Waals surface area contributed by atoms with E-state index in [2.05, 4.69) is 36.5 Å². The van der Waals surface area contributed by atoms with Crippen molar-refractivity contribution in [1.29, 1.82) is 0 Å². The number of ether oxygens (including phenoxy) is 1. The Bertz CT molecular complexity index is 1260. The largest absolute Gasteiger partial charge is 0.494 e. The highest BCUT2D eigenvalue weighted by Gasteiger charge is 2.12. The van der Waals surface area contributed by atoms with Gasteiger partial charge in [-0.15, -0.1) is 0 Å². The monoisotopic (exact) mass is 496 g/mol. The number of aromatic nitrogens is 2. The summed E-state index contributed by atoms with van der Waals surface area (Å²) in [4.78, 5) is 21.0. The van der Waals surface area contributed by atoms with Gasteiger partial charge in [0, 0.05) is 28.1 Å². The van der Waals surface area contributed by atoms with Crippen molar-refractivity contribution in [2.75, 3.05) is 11.9 Å². The zero-order valence-corrected chi connectivity index (χ0v) is 18.8. The van der Waals surface area contributed by atoms with E-state index >= 15 is 0 Å². The summed E-state index contributed by atoms with van der Waals surface area (Å²) >= 11 is 8.67. The predicted octanol–water partition coefficient (Wildman–Crippen LogP) is 5.18. The summed E-state index contributed by atoms with van der Waals surface area (Å²) < 4.78 is 12.0. The van der Waals surface area contributed by atoms with Crippen molar-refractivity contribution >= 4 is 56.0 Å². The maximum absolute atomic E-state index is 12.4. The van der Waals surface area contributed by atoms with E-state index in [4.69, 9.17) is 21.4 Å². The van der Waals surface area contributed by atoms with Gasteiger partial charge < -0.3 is 14.5 Å². The van der Waals surface area contributed by atoms with E-state index in [0.717, 1.165) is 10.0 Å². The third-order valence-electron chi connectivity index (χ3n) is 4.25. The number of pyridine rings is 1. The molecular formula is C22H17BrN4O3S. The molecule has 0 unspecified atom stereocenters. The Morgan fingerprint density at radius 1 is 1.16 bits per heavy atom. The van der Waals surface area contributed by atoms with Crippen molar-refractivity contribution in [2.45, 2.75) is 6.92 Å².